The molecule has 2 aromatic rings. The molecule has 1 fully saturated rings. The van der Waals surface area contributed by atoms with E-state index in [-0.39, 0.29) is 29.9 Å². The Morgan fingerprint density at radius 1 is 1.21 bits per heavy atom. The summed E-state index contributed by atoms with van der Waals surface area (Å²) in [5.41, 5.74) is 9.34. The number of fused-ring (bicyclic) bond motifs is 1. The number of nitrogens with two attached hydrogens (primary N) is 1. The molecular formula is C22H25FN2O3. The van der Waals surface area contributed by atoms with Crippen molar-refractivity contribution in [2.24, 2.45) is 5.73 Å². The molecule has 6 heteroatoms. The minimum atomic E-state index is -0.588. The van der Waals surface area contributed by atoms with Crippen molar-refractivity contribution < 1.29 is 18.7 Å². The van der Waals surface area contributed by atoms with E-state index in [4.69, 9.17) is 15.2 Å². The highest BCUT2D eigenvalue weighted by Gasteiger charge is 2.39. The van der Waals surface area contributed by atoms with Crippen molar-refractivity contribution in [3.05, 3.63) is 71.0 Å². The minimum absolute atomic E-state index is 0.0752. The van der Waals surface area contributed by atoms with Gasteiger partial charge in [0.05, 0.1) is 18.8 Å². The van der Waals surface area contributed by atoms with Crippen LogP contribution in [0.1, 0.15) is 29.2 Å². The first-order valence-corrected chi connectivity index (χ1v) is 9.62. The lowest BCUT2D eigenvalue weighted by molar-refractivity contribution is -0.156. The lowest BCUT2D eigenvalue weighted by Gasteiger charge is -2.41. The van der Waals surface area contributed by atoms with Gasteiger partial charge in [-0.3, -0.25) is 4.79 Å². The van der Waals surface area contributed by atoms with Crippen molar-refractivity contribution in [2.45, 2.75) is 37.1 Å². The van der Waals surface area contributed by atoms with Gasteiger partial charge < -0.3 is 20.1 Å². The largest absolute Gasteiger partial charge is 0.377 e. The zero-order valence-corrected chi connectivity index (χ0v) is 15.9. The fourth-order valence-electron chi connectivity index (χ4n) is 4.21. The molecule has 1 saturated heterocycles. The lowest BCUT2D eigenvalue weighted by Crippen LogP contribution is -2.54. The van der Waals surface area contributed by atoms with E-state index in [0.717, 1.165) is 17.5 Å². The first-order valence-electron chi connectivity index (χ1n) is 9.62. The molecule has 0 spiro atoms. The van der Waals surface area contributed by atoms with Gasteiger partial charge in [-0.15, -0.1) is 0 Å². The predicted octanol–water partition coefficient (Wildman–Crippen LogP) is 2.43. The van der Waals surface area contributed by atoms with Crippen LogP contribution >= 0.6 is 0 Å². The maximum Gasteiger partial charge on any atom is 0.252 e. The first-order chi connectivity index (χ1) is 13.6. The van der Waals surface area contributed by atoms with Gasteiger partial charge in [-0.05, 0) is 35.2 Å². The van der Waals surface area contributed by atoms with E-state index in [1.54, 1.807) is 19.2 Å². The number of rotatable bonds is 3. The molecule has 0 radical (unpaired) electrons. The normalized spacial score (nSPS) is 27.3. The van der Waals surface area contributed by atoms with Gasteiger partial charge in [0, 0.05) is 26.1 Å². The molecule has 1 amide bonds. The van der Waals surface area contributed by atoms with Crippen LogP contribution in [0.25, 0.3) is 0 Å². The van der Waals surface area contributed by atoms with Crippen LogP contribution in [0.2, 0.25) is 0 Å². The Morgan fingerprint density at radius 2 is 1.96 bits per heavy atom. The highest BCUT2D eigenvalue weighted by molar-refractivity contribution is 5.82. The standard InChI is InChI=1S/C22H25FN2O3/c1-27-20-13-28-19(12-18(20)24)22(26)25-11-10-14-4-2-3-5-17(14)21(25)15-6-8-16(23)9-7-15/h2-9,18-21H,10-13,24H2,1H3/t18-,19+,20-,21-/m0/s1. The van der Waals surface area contributed by atoms with Gasteiger partial charge >= 0.3 is 0 Å². The van der Waals surface area contributed by atoms with Crippen LogP contribution in [0.15, 0.2) is 48.5 Å². The number of amides is 1. The molecule has 2 aromatic carbocycles. The van der Waals surface area contributed by atoms with Crippen molar-refractivity contribution >= 4 is 5.91 Å². The summed E-state index contributed by atoms with van der Waals surface area (Å²) in [6.07, 6.45) is 0.415. The molecule has 2 N–H and O–H groups in total. The Morgan fingerprint density at radius 3 is 2.68 bits per heavy atom. The summed E-state index contributed by atoms with van der Waals surface area (Å²) >= 11 is 0. The van der Waals surface area contributed by atoms with Crippen molar-refractivity contribution in [3.8, 4) is 0 Å². The van der Waals surface area contributed by atoms with Crippen LogP contribution in [-0.4, -0.2) is 49.3 Å². The Labute approximate surface area is 164 Å². The third kappa shape index (κ3) is 3.55. The summed E-state index contributed by atoms with van der Waals surface area (Å²) in [5, 5.41) is 0. The van der Waals surface area contributed by atoms with E-state index in [0.29, 0.717) is 19.6 Å². The molecule has 0 aromatic heterocycles. The number of hydrogen-bond acceptors (Lipinski definition) is 4. The van der Waals surface area contributed by atoms with Gasteiger partial charge in [0.15, 0.2) is 0 Å². The summed E-state index contributed by atoms with van der Waals surface area (Å²) in [5.74, 6) is -0.369. The van der Waals surface area contributed by atoms with Crippen LogP contribution in [0, 0.1) is 5.82 Å². The average molecular weight is 384 g/mol. The van der Waals surface area contributed by atoms with Gasteiger partial charge in [0.25, 0.3) is 5.91 Å². The minimum Gasteiger partial charge on any atom is -0.377 e. The number of hydrogen-bond donors (Lipinski definition) is 1. The quantitative estimate of drug-likeness (QED) is 0.883. The maximum atomic E-state index is 13.5. The second-order valence-electron chi connectivity index (χ2n) is 7.43. The lowest BCUT2D eigenvalue weighted by atomic mass is 9.87. The monoisotopic (exact) mass is 384 g/mol. The van der Waals surface area contributed by atoms with E-state index < -0.39 is 6.10 Å². The molecule has 148 valence electrons. The number of ether oxygens (including phenoxy) is 2. The van der Waals surface area contributed by atoms with Crippen LogP contribution in [-0.2, 0) is 20.7 Å². The Kier molecular flexibility index (Phi) is 5.44. The molecular weight excluding hydrogens is 359 g/mol. The summed E-state index contributed by atoms with van der Waals surface area (Å²) in [7, 11) is 1.60. The summed E-state index contributed by atoms with van der Waals surface area (Å²) < 4.78 is 24.6. The smallest absolute Gasteiger partial charge is 0.252 e. The van der Waals surface area contributed by atoms with Crippen LogP contribution < -0.4 is 5.73 Å². The number of carbonyl (C=O) groups is 1. The van der Waals surface area contributed by atoms with Crippen LogP contribution in [0.3, 0.4) is 0 Å². The van der Waals surface area contributed by atoms with Gasteiger partial charge in [-0.1, -0.05) is 36.4 Å². The molecule has 4 rings (SSSR count). The van der Waals surface area contributed by atoms with Crippen molar-refractivity contribution in [1.82, 2.24) is 4.90 Å². The summed E-state index contributed by atoms with van der Waals surface area (Å²) in [6, 6.07) is 14.0. The number of methoxy groups -OCH3 is 1. The second kappa shape index (κ2) is 7.99. The molecule has 0 saturated carbocycles. The van der Waals surface area contributed by atoms with E-state index in [1.165, 1.54) is 17.7 Å². The van der Waals surface area contributed by atoms with Gasteiger partial charge in [0.2, 0.25) is 0 Å². The molecule has 28 heavy (non-hydrogen) atoms. The van der Waals surface area contributed by atoms with Crippen molar-refractivity contribution in [3.63, 3.8) is 0 Å². The fraction of sp³-hybridized carbons (Fsp3) is 0.409. The molecule has 2 heterocycles. The summed E-state index contributed by atoms with van der Waals surface area (Å²) in [6.45, 7) is 0.889. The van der Waals surface area contributed by atoms with Gasteiger partial charge in [-0.2, -0.15) is 0 Å². The first kappa shape index (κ1) is 19.1. The topological polar surface area (TPSA) is 64.8 Å². The average Bonchev–Trinajstić information content (AvgIpc) is 2.73. The number of nitrogens with zero attached hydrogens (tertiary/aromatic N) is 1. The van der Waals surface area contributed by atoms with Gasteiger partial charge in [0.1, 0.15) is 11.9 Å². The Hall–Kier alpha value is -2.28. The van der Waals surface area contributed by atoms with Crippen LogP contribution in [0.4, 0.5) is 4.39 Å². The van der Waals surface area contributed by atoms with E-state index in [2.05, 4.69) is 6.07 Å². The number of halogens is 1. The predicted molar refractivity (Wildman–Crippen MR) is 103 cm³/mol. The number of benzene rings is 2. The molecule has 2 aliphatic rings. The maximum absolute atomic E-state index is 13.5. The highest BCUT2D eigenvalue weighted by atomic mass is 19.1. The third-order valence-electron chi connectivity index (χ3n) is 5.76. The molecule has 0 aliphatic carbocycles. The highest BCUT2D eigenvalue weighted by Crippen LogP contribution is 2.36. The molecule has 5 nitrogen and oxygen atoms in total. The van der Waals surface area contributed by atoms with E-state index in [1.807, 2.05) is 23.1 Å². The van der Waals surface area contributed by atoms with Crippen molar-refractivity contribution in [2.75, 3.05) is 20.3 Å². The number of carbonyl (C=O) groups excluding carboxylic acids is 1. The molecule has 0 bridgehead atoms. The SMILES string of the molecule is CO[C@H]1CO[C@@H](C(=O)N2CCc3ccccc3[C@@H]2c2ccc(F)cc2)C[C@@H]1N. The summed E-state index contributed by atoms with van der Waals surface area (Å²) in [4.78, 5) is 15.2. The fourth-order valence-corrected chi connectivity index (χ4v) is 4.21. The van der Waals surface area contributed by atoms with Crippen molar-refractivity contribution in [1.29, 1.82) is 0 Å². The Bertz CT molecular complexity index is 842. The zero-order valence-electron chi connectivity index (χ0n) is 15.9. The molecule has 2 aliphatic heterocycles. The zero-order chi connectivity index (χ0) is 19.7. The molecule has 4 atom stereocenters. The Balaban J connectivity index is 1.65. The third-order valence-corrected chi connectivity index (χ3v) is 5.76. The molecule has 0 unspecified atom stereocenters. The van der Waals surface area contributed by atoms with E-state index >= 15 is 0 Å². The van der Waals surface area contributed by atoms with Crippen LogP contribution in [0.5, 0.6) is 0 Å². The van der Waals surface area contributed by atoms with Gasteiger partial charge in [-0.25, -0.2) is 4.39 Å². The second-order valence-corrected chi connectivity index (χ2v) is 7.43. The van der Waals surface area contributed by atoms with E-state index in [9.17, 15) is 9.18 Å².